The van der Waals surface area contributed by atoms with Crippen LogP contribution in [0.5, 0.6) is 17.2 Å². The molecule has 0 saturated carbocycles. The number of ether oxygens (including phenoxy) is 1. The third kappa shape index (κ3) is 3.23. The average Bonchev–Trinajstić information content (AvgIpc) is 3.30. The summed E-state index contributed by atoms with van der Waals surface area (Å²) in [5.74, 6) is -1.94. The lowest BCUT2D eigenvalue weighted by molar-refractivity contribution is -0.123. The lowest BCUT2D eigenvalue weighted by Crippen LogP contribution is -2.41. The number of hydrogen-bond donors (Lipinski definition) is 4. The zero-order valence-corrected chi connectivity index (χ0v) is 19.4. The Morgan fingerprint density at radius 3 is 2.53 bits per heavy atom. The molecule has 11 heteroatoms. The van der Waals surface area contributed by atoms with E-state index in [1.807, 2.05) is 0 Å². The van der Waals surface area contributed by atoms with E-state index in [0.717, 1.165) is 0 Å². The first-order valence-corrected chi connectivity index (χ1v) is 10.6. The summed E-state index contributed by atoms with van der Waals surface area (Å²) in [4.78, 5) is 42.9. The Labute approximate surface area is 195 Å². The molecule has 0 saturated heterocycles. The highest BCUT2D eigenvalue weighted by molar-refractivity contribution is 6.31. The van der Waals surface area contributed by atoms with Crippen LogP contribution in [0.2, 0.25) is 0 Å². The van der Waals surface area contributed by atoms with Gasteiger partial charge in [0.2, 0.25) is 5.95 Å². The minimum absolute atomic E-state index is 0.000740. The molecule has 0 unspecified atom stereocenters. The van der Waals surface area contributed by atoms with E-state index in [2.05, 4.69) is 20.7 Å². The number of fused-ring (bicyclic) bond motifs is 3. The fourth-order valence-electron chi connectivity index (χ4n) is 4.33. The molecular formula is C23H25N5O6. The number of carbonyl (C=O) groups is 3. The molecule has 0 amide bonds. The Morgan fingerprint density at radius 1 is 1.21 bits per heavy atom. The lowest BCUT2D eigenvalue weighted by Gasteiger charge is -2.29. The maximum atomic E-state index is 13.7. The minimum atomic E-state index is -1.54. The van der Waals surface area contributed by atoms with Crippen molar-refractivity contribution >= 4 is 23.3 Å². The van der Waals surface area contributed by atoms with E-state index < -0.39 is 28.5 Å². The van der Waals surface area contributed by atoms with Crippen molar-refractivity contribution in [2.24, 2.45) is 7.05 Å². The first-order valence-electron chi connectivity index (χ1n) is 10.6. The molecule has 1 aliphatic carbocycles. The second kappa shape index (κ2) is 8.01. The molecule has 178 valence electrons. The van der Waals surface area contributed by atoms with Crippen LogP contribution in [0.4, 0.5) is 5.95 Å². The van der Waals surface area contributed by atoms with Crippen LogP contribution in [0.1, 0.15) is 42.3 Å². The minimum Gasteiger partial charge on any atom is -0.507 e. The third-order valence-electron chi connectivity index (χ3n) is 6.27. The second-order valence-electron chi connectivity index (χ2n) is 8.45. The van der Waals surface area contributed by atoms with Gasteiger partial charge in [0.25, 0.3) is 0 Å². The van der Waals surface area contributed by atoms with Crippen molar-refractivity contribution in [3.05, 3.63) is 46.1 Å². The number of nitrogens with zero attached hydrogens (tertiary/aromatic N) is 3. The van der Waals surface area contributed by atoms with Crippen LogP contribution in [-0.2, 0) is 22.1 Å². The second-order valence-corrected chi connectivity index (χ2v) is 8.45. The predicted molar refractivity (Wildman–Crippen MR) is 121 cm³/mol. The van der Waals surface area contributed by atoms with Crippen LogP contribution < -0.4 is 15.4 Å². The molecule has 1 aromatic carbocycles. The fraction of sp³-hybridized carbons (Fsp3) is 0.348. The summed E-state index contributed by atoms with van der Waals surface area (Å²) in [5, 5.41) is 31.4. The number of hydrogen-bond acceptors (Lipinski definition) is 10. The van der Waals surface area contributed by atoms with Crippen molar-refractivity contribution in [1.82, 2.24) is 20.1 Å². The first-order chi connectivity index (χ1) is 16.0. The molecule has 1 aromatic heterocycles. The number of allylic oxidation sites excluding steroid dienone is 4. The number of phenols is 2. The van der Waals surface area contributed by atoms with Gasteiger partial charge < -0.3 is 25.6 Å². The van der Waals surface area contributed by atoms with Gasteiger partial charge in [0.05, 0.1) is 11.1 Å². The van der Waals surface area contributed by atoms with Gasteiger partial charge in [0.15, 0.2) is 17.3 Å². The van der Waals surface area contributed by atoms with Crippen molar-refractivity contribution in [2.75, 3.05) is 18.4 Å². The number of aromatic nitrogens is 3. The smallest absolute Gasteiger partial charge is 0.220 e. The Morgan fingerprint density at radius 2 is 1.91 bits per heavy atom. The predicted octanol–water partition coefficient (Wildman–Crippen LogP) is 1.40. The van der Waals surface area contributed by atoms with E-state index in [9.17, 15) is 24.6 Å². The first kappa shape index (κ1) is 23.0. The van der Waals surface area contributed by atoms with Gasteiger partial charge in [-0.05, 0) is 27.7 Å². The summed E-state index contributed by atoms with van der Waals surface area (Å²) in [5.41, 5.74) is -1.28. The molecule has 4 rings (SSSR count). The molecule has 34 heavy (non-hydrogen) atoms. The highest BCUT2D eigenvalue weighted by Gasteiger charge is 2.56. The van der Waals surface area contributed by atoms with E-state index in [1.165, 1.54) is 33.2 Å². The molecule has 1 atom stereocenters. The summed E-state index contributed by atoms with van der Waals surface area (Å²) < 4.78 is 7.33. The molecular weight excluding hydrogens is 442 g/mol. The summed E-state index contributed by atoms with van der Waals surface area (Å²) in [7, 11) is 1.75. The van der Waals surface area contributed by atoms with Crippen molar-refractivity contribution in [3.63, 3.8) is 0 Å². The maximum absolute atomic E-state index is 13.7. The van der Waals surface area contributed by atoms with Gasteiger partial charge in [-0.2, -0.15) is 10.1 Å². The highest BCUT2D eigenvalue weighted by atomic mass is 16.5. The summed E-state index contributed by atoms with van der Waals surface area (Å²) in [6.45, 7) is 6.67. The van der Waals surface area contributed by atoms with E-state index in [0.29, 0.717) is 24.7 Å². The van der Waals surface area contributed by atoms with Gasteiger partial charge in [-0.15, -0.1) is 0 Å². The van der Waals surface area contributed by atoms with Gasteiger partial charge in [0, 0.05) is 37.5 Å². The number of ketones is 3. The van der Waals surface area contributed by atoms with Crippen LogP contribution in [0, 0.1) is 6.92 Å². The van der Waals surface area contributed by atoms with Crippen molar-refractivity contribution in [1.29, 1.82) is 0 Å². The largest absolute Gasteiger partial charge is 0.507 e. The Balaban J connectivity index is 1.69. The zero-order valence-electron chi connectivity index (χ0n) is 19.4. The third-order valence-corrected chi connectivity index (χ3v) is 6.27. The lowest BCUT2D eigenvalue weighted by atomic mass is 9.70. The molecule has 0 radical (unpaired) electrons. The Kier molecular flexibility index (Phi) is 5.42. The van der Waals surface area contributed by atoms with Crippen molar-refractivity contribution in [2.45, 2.75) is 33.1 Å². The number of Topliss-reactive ketones (excluding diaryl/α,β-unsaturated/α-hetero) is 2. The molecule has 2 heterocycles. The van der Waals surface area contributed by atoms with Crippen LogP contribution >= 0.6 is 0 Å². The van der Waals surface area contributed by atoms with Gasteiger partial charge in [-0.25, -0.2) is 4.68 Å². The summed E-state index contributed by atoms with van der Waals surface area (Å²) in [6, 6.07) is 0. The molecule has 0 bridgehead atoms. The molecule has 2 aromatic rings. The van der Waals surface area contributed by atoms with Crippen molar-refractivity contribution < 1.29 is 29.3 Å². The molecule has 1 aliphatic heterocycles. The number of aryl methyl sites for hydroxylation is 1. The number of anilines is 1. The number of nitrogens with one attached hydrogen (secondary N) is 2. The summed E-state index contributed by atoms with van der Waals surface area (Å²) >= 11 is 0. The standard InChI is InChI=1S/C23H25N5O6/c1-10-18(31)16(12(3)29)20-17(19(10)32)23(4)14(34-20)8-13(30)15(21(23)33)11(2)24-6-7-25-22-26-9-27-28(22)5/h8-9,24,31-32H,6-7H2,1-5H3,(H,25,26,27)/t23-/m0/s1. The average molecular weight is 467 g/mol. The number of benzene rings is 1. The van der Waals surface area contributed by atoms with Gasteiger partial charge >= 0.3 is 0 Å². The number of aromatic hydroxyl groups is 2. The Hall–Kier alpha value is -4.15. The van der Waals surface area contributed by atoms with E-state index in [1.54, 1.807) is 18.7 Å². The van der Waals surface area contributed by atoms with E-state index >= 15 is 0 Å². The normalized spacial score (nSPS) is 20.3. The maximum Gasteiger partial charge on any atom is 0.220 e. The SMILES string of the molecule is CC(=O)c1c(O)c(C)c(O)c2c1OC1=CC(=O)C(=C(C)NCCNc3ncnn3C)C(=O)[C@@]12C. The van der Waals surface area contributed by atoms with Crippen molar-refractivity contribution in [3.8, 4) is 17.2 Å². The Bertz CT molecular complexity index is 1320. The quantitative estimate of drug-likeness (QED) is 0.212. The molecule has 0 spiro atoms. The molecule has 2 aliphatic rings. The number of rotatable bonds is 6. The van der Waals surface area contributed by atoms with Gasteiger partial charge in [-0.1, -0.05) is 0 Å². The van der Waals surface area contributed by atoms with Gasteiger partial charge in [0.1, 0.15) is 40.3 Å². The van der Waals surface area contributed by atoms with Crippen LogP contribution in [0.15, 0.2) is 29.4 Å². The zero-order chi connectivity index (χ0) is 24.9. The monoisotopic (exact) mass is 467 g/mol. The molecule has 11 nitrogen and oxygen atoms in total. The molecule has 4 N–H and O–H groups in total. The number of carbonyl (C=O) groups excluding carboxylic acids is 3. The fourth-order valence-corrected chi connectivity index (χ4v) is 4.33. The van der Waals surface area contributed by atoms with Crippen LogP contribution in [0.3, 0.4) is 0 Å². The number of phenolic OH excluding ortho intramolecular Hbond substituents is 2. The van der Waals surface area contributed by atoms with Crippen LogP contribution in [0.25, 0.3) is 0 Å². The van der Waals surface area contributed by atoms with E-state index in [-0.39, 0.29) is 39.5 Å². The topological polar surface area (TPSA) is 156 Å². The van der Waals surface area contributed by atoms with Crippen LogP contribution in [-0.4, -0.2) is 55.4 Å². The highest BCUT2D eigenvalue weighted by Crippen LogP contribution is 2.57. The van der Waals surface area contributed by atoms with Gasteiger partial charge in [-0.3, -0.25) is 14.4 Å². The molecule has 0 fully saturated rings. The van der Waals surface area contributed by atoms with E-state index in [4.69, 9.17) is 4.74 Å². The summed E-state index contributed by atoms with van der Waals surface area (Å²) in [6.07, 6.45) is 2.61.